The Labute approximate surface area is 135 Å². The Morgan fingerprint density at radius 2 is 1.36 bits per heavy atom. The molecule has 4 rings (SSSR count). The third kappa shape index (κ3) is 2.05. The van der Waals surface area contributed by atoms with Crippen molar-refractivity contribution in [2.75, 3.05) is 0 Å². The molecular formula is C21H18S. The van der Waals surface area contributed by atoms with E-state index >= 15 is 0 Å². The number of fused-ring (bicyclic) bond motifs is 3. The Morgan fingerprint density at radius 3 is 2.14 bits per heavy atom. The maximum absolute atomic E-state index is 2.36. The van der Waals surface area contributed by atoms with Crippen LogP contribution in [-0.4, -0.2) is 0 Å². The maximum Gasteiger partial charge on any atom is 0.0355 e. The monoisotopic (exact) mass is 302 g/mol. The molecule has 0 saturated heterocycles. The highest BCUT2D eigenvalue weighted by Gasteiger charge is 2.10. The minimum absolute atomic E-state index is 1.33. The second-order valence-electron chi connectivity index (χ2n) is 6.08. The van der Waals surface area contributed by atoms with Crippen LogP contribution < -0.4 is 0 Å². The Morgan fingerprint density at radius 1 is 0.682 bits per heavy atom. The number of hydrogen-bond donors (Lipinski definition) is 0. The summed E-state index contributed by atoms with van der Waals surface area (Å²) in [6.45, 7) is 6.59. The summed E-state index contributed by atoms with van der Waals surface area (Å²) in [5.41, 5.74) is 6.75. The molecule has 0 N–H and O–H groups in total. The lowest BCUT2D eigenvalue weighted by molar-refractivity contribution is 1.32. The molecule has 0 spiro atoms. The molecule has 0 radical (unpaired) electrons. The largest absolute Gasteiger partial charge is 0.135 e. The van der Waals surface area contributed by atoms with E-state index in [0.717, 1.165) is 0 Å². The van der Waals surface area contributed by atoms with Crippen LogP contribution in [0.15, 0.2) is 54.6 Å². The van der Waals surface area contributed by atoms with E-state index in [2.05, 4.69) is 75.4 Å². The van der Waals surface area contributed by atoms with Gasteiger partial charge in [-0.15, -0.1) is 11.3 Å². The van der Waals surface area contributed by atoms with Gasteiger partial charge in [-0.25, -0.2) is 0 Å². The van der Waals surface area contributed by atoms with Crippen molar-refractivity contribution >= 4 is 31.5 Å². The van der Waals surface area contributed by atoms with Gasteiger partial charge in [0.15, 0.2) is 0 Å². The molecule has 0 unspecified atom stereocenters. The quantitative estimate of drug-likeness (QED) is 0.369. The maximum atomic E-state index is 2.36. The summed E-state index contributed by atoms with van der Waals surface area (Å²) in [6, 6.07) is 20.1. The number of rotatable bonds is 1. The predicted molar refractivity (Wildman–Crippen MR) is 99.0 cm³/mol. The van der Waals surface area contributed by atoms with E-state index in [1.165, 1.54) is 48.0 Å². The highest BCUT2D eigenvalue weighted by Crippen LogP contribution is 2.37. The standard InChI is InChI=1S/C21H18S/c1-13-10-14(2)21(15(3)11-13)16-8-9-20-18(12-16)17-6-4-5-7-19(17)22-20/h4-12H,1-3H3. The van der Waals surface area contributed by atoms with Gasteiger partial charge in [-0.3, -0.25) is 0 Å². The van der Waals surface area contributed by atoms with E-state index < -0.39 is 0 Å². The molecule has 0 saturated carbocycles. The number of aryl methyl sites for hydroxylation is 3. The van der Waals surface area contributed by atoms with Crippen molar-refractivity contribution in [2.24, 2.45) is 0 Å². The number of hydrogen-bond acceptors (Lipinski definition) is 1. The van der Waals surface area contributed by atoms with Crippen molar-refractivity contribution in [3.8, 4) is 11.1 Å². The molecule has 108 valence electrons. The van der Waals surface area contributed by atoms with Crippen LogP contribution in [0.2, 0.25) is 0 Å². The summed E-state index contributed by atoms with van der Waals surface area (Å²) in [5, 5.41) is 2.74. The SMILES string of the molecule is Cc1cc(C)c(-c2ccc3sc4ccccc4c3c2)c(C)c1. The van der Waals surface area contributed by atoms with Gasteiger partial charge in [0.1, 0.15) is 0 Å². The average molecular weight is 302 g/mol. The lowest BCUT2D eigenvalue weighted by atomic mass is 9.93. The second kappa shape index (κ2) is 4.96. The summed E-state index contributed by atoms with van der Waals surface area (Å²) >= 11 is 1.88. The normalized spacial score (nSPS) is 11.4. The molecule has 1 heteroatoms. The van der Waals surface area contributed by atoms with Crippen molar-refractivity contribution < 1.29 is 0 Å². The van der Waals surface area contributed by atoms with Crippen LogP contribution in [-0.2, 0) is 0 Å². The van der Waals surface area contributed by atoms with Gasteiger partial charge in [0.05, 0.1) is 0 Å². The Hall–Kier alpha value is -2.12. The van der Waals surface area contributed by atoms with Crippen LogP contribution in [0.5, 0.6) is 0 Å². The summed E-state index contributed by atoms with van der Waals surface area (Å²) in [6.07, 6.45) is 0. The van der Waals surface area contributed by atoms with Crippen LogP contribution >= 0.6 is 11.3 Å². The fourth-order valence-corrected chi connectivity index (χ4v) is 4.60. The molecule has 1 aromatic heterocycles. The van der Waals surface area contributed by atoms with E-state index in [1.54, 1.807) is 0 Å². The van der Waals surface area contributed by atoms with E-state index in [-0.39, 0.29) is 0 Å². The minimum Gasteiger partial charge on any atom is -0.135 e. The second-order valence-corrected chi connectivity index (χ2v) is 7.17. The van der Waals surface area contributed by atoms with E-state index in [4.69, 9.17) is 0 Å². The van der Waals surface area contributed by atoms with Crippen LogP contribution in [0.3, 0.4) is 0 Å². The fourth-order valence-electron chi connectivity index (χ4n) is 3.52. The summed E-state index contributed by atoms with van der Waals surface area (Å²) in [7, 11) is 0. The molecule has 0 fully saturated rings. The van der Waals surface area contributed by atoms with E-state index in [0.29, 0.717) is 0 Å². The molecule has 22 heavy (non-hydrogen) atoms. The van der Waals surface area contributed by atoms with Gasteiger partial charge in [-0.05, 0) is 61.2 Å². The van der Waals surface area contributed by atoms with Crippen molar-refractivity contribution in [1.82, 2.24) is 0 Å². The topological polar surface area (TPSA) is 0 Å². The van der Waals surface area contributed by atoms with Crippen LogP contribution in [0.4, 0.5) is 0 Å². The Kier molecular flexibility index (Phi) is 3.05. The zero-order valence-corrected chi connectivity index (χ0v) is 13.9. The van der Waals surface area contributed by atoms with Gasteiger partial charge < -0.3 is 0 Å². The number of benzene rings is 3. The molecule has 0 amide bonds. The van der Waals surface area contributed by atoms with Gasteiger partial charge in [0.2, 0.25) is 0 Å². The summed E-state index contributed by atoms with van der Waals surface area (Å²) in [4.78, 5) is 0. The molecule has 0 aliphatic carbocycles. The predicted octanol–water partition coefficient (Wildman–Crippen LogP) is 6.65. The lowest BCUT2D eigenvalue weighted by Crippen LogP contribution is -1.89. The van der Waals surface area contributed by atoms with Crippen molar-refractivity contribution in [1.29, 1.82) is 0 Å². The zero-order chi connectivity index (χ0) is 15.3. The van der Waals surface area contributed by atoms with Crippen LogP contribution in [0.25, 0.3) is 31.3 Å². The van der Waals surface area contributed by atoms with Crippen molar-refractivity contribution in [3.63, 3.8) is 0 Å². The third-order valence-electron chi connectivity index (χ3n) is 4.34. The van der Waals surface area contributed by atoms with Gasteiger partial charge in [0, 0.05) is 20.2 Å². The Bertz CT molecular complexity index is 982. The number of thiophene rings is 1. The zero-order valence-electron chi connectivity index (χ0n) is 13.1. The molecule has 0 nitrogen and oxygen atoms in total. The van der Waals surface area contributed by atoms with Crippen LogP contribution in [0.1, 0.15) is 16.7 Å². The van der Waals surface area contributed by atoms with Gasteiger partial charge in [-0.2, -0.15) is 0 Å². The summed E-state index contributed by atoms with van der Waals surface area (Å²) in [5.74, 6) is 0. The molecule has 0 aliphatic rings. The van der Waals surface area contributed by atoms with Gasteiger partial charge >= 0.3 is 0 Å². The van der Waals surface area contributed by atoms with Crippen molar-refractivity contribution in [2.45, 2.75) is 20.8 Å². The molecule has 3 aromatic carbocycles. The first-order valence-corrected chi connectivity index (χ1v) is 8.44. The fraction of sp³-hybridized carbons (Fsp3) is 0.143. The highest BCUT2D eigenvalue weighted by molar-refractivity contribution is 7.25. The highest BCUT2D eigenvalue weighted by atomic mass is 32.1. The van der Waals surface area contributed by atoms with E-state index in [9.17, 15) is 0 Å². The Balaban J connectivity index is 2.02. The minimum atomic E-state index is 1.33. The molecule has 4 aromatic rings. The van der Waals surface area contributed by atoms with Crippen molar-refractivity contribution in [3.05, 3.63) is 71.3 Å². The first-order valence-electron chi connectivity index (χ1n) is 7.63. The molecule has 0 aliphatic heterocycles. The average Bonchev–Trinajstić information content (AvgIpc) is 2.84. The van der Waals surface area contributed by atoms with Gasteiger partial charge in [-0.1, -0.05) is 42.0 Å². The first-order chi connectivity index (χ1) is 10.6. The lowest BCUT2D eigenvalue weighted by Gasteiger charge is -2.12. The van der Waals surface area contributed by atoms with Crippen LogP contribution in [0, 0.1) is 20.8 Å². The van der Waals surface area contributed by atoms with E-state index in [1.807, 2.05) is 11.3 Å². The third-order valence-corrected chi connectivity index (χ3v) is 5.49. The molecule has 0 atom stereocenters. The first kappa shape index (κ1) is 13.5. The summed E-state index contributed by atoms with van der Waals surface area (Å²) < 4.78 is 2.74. The van der Waals surface area contributed by atoms with Gasteiger partial charge in [0.25, 0.3) is 0 Å². The molecule has 1 heterocycles. The molecule has 0 bridgehead atoms. The smallest absolute Gasteiger partial charge is 0.0355 e. The molecular weight excluding hydrogens is 284 g/mol.